The van der Waals surface area contributed by atoms with Crippen LogP contribution in [0.5, 0.6) is 0 Å². The van der Waals surface area contributed by atoms with Gasteiger partial charge in [0.2, 0.25) is 0 Å². The summed E-state index contributed by atoms with van der Waals surface area (Å²) in [6.07, 6.45) is 1.89. The zero-order chi connectivity index (χ0) is 15.6. The van der Waals surface area contributed by atoms with E-state index in [4.69, 9.17) is 0 Å². The fourth-order valence-electron chi connectivity index (χ4n) is 2.15. The average molecular weight is 289 g/mol. The van der Waals surface area contributed by atoms with Crippen LogP contribution in [0.1, 0.15) is 43.2 Å². The van der Waals surface area contributed by atoms with Crippen LogP contribution in [0.2, 0.25) is 0 Å². The van der Waals surface area contributed by atoms with E-state index >= 15 is 0 Å². The molecule has 0 aliphatic carbocycles. The maximum absolute atomic E-state index is 13.4. The summed E-state index contributed by atoms with van der Waals surface area (Å²) in [4.78, 5) is 0. The summed E-state index contributed by atoms with van der Waals surface area (Å²) in [5.41, 5.74) is 4.43. The van der Waals surface area contributed by atoms with Crippen molar-refractivity contribution in [3.8, 4) is 0 Å². The fourth-order valence-corrected chi connectivity index (χ4v) is 2.15. The summed E-state index contributed by atoms with van der Waals surface area (Å²) < 4.78 is 15.3. The zero-order valence-corrected chi connectivity index (χ0v) is 13.5. The van der Waals surface area contributed by atoms with Crippen LogP contribution < -0.4 is 5.32 Å². The number of hydrogen-bond donors (Lipinski definition) is 1. The van der Waals surface area contributed by atoms with E-state index in [1.807, 2.05) is 23.9 Å². The van der Waals surface area contributed by atoms with Crippen molar-refractivity contribution in [2.24, 2.45) is 0 Å². The third kappa shape index (κ3) is 4.14. The van der Waals surface area contributed by atoms with E-state index < -0.39 is 0 Å². The van der Waals surface area contributed by atoms with Crippen molar-refractivity contribution in [3.63, 3.8) is 0 Å². The van der Waals surface area contributed by atoms with E-state index in [1.54, 1.807) is 6.07 Å². The van der Waals surface area contributed by atoms with Crippen LogP contribution in [0.3, 0.4) is 0 Å². The van der Waals surface area contributed by atoms with E-state index in [0.717, 1.165) is 23.4 Å². The second-order valence-corrected chi connectivity index (χ2v) is 6.59. The summed E-state index contributed by atoms with van der Waals surface area (Å²) in [5, 5.41) is 7.90. The first kappa shape index (κ1) is 15.7. The number of nitrogens with one attached hydrogen (secondary N) is 1. The van der Waals surface area contributed by atoms with Gasteiger partial charge in [0.15, 0.2) is 0 Å². The normalized spacial score (nSPS) is 11.9. The maximum atomic E-state index is 13.4. The van der Waals surface area contributed by atoms with Crippen molar-refractivity contribution < 1.29 is 4.39 Å². The van der Waals surface area contributed by atoms with Crippen molar-refractivity contribution in [1.82, 2.24) is 15.1 Å². The Kier molecular flexibility index (Phi) is 4.47. The topological polar surface area (TPSA) is 29.9 Å². The molecule has 114 valence electrons. The number of hydrogen-bond acceptors (Lipinski definition) is 2. The standard InChI is InChI=1S/C17H24FN3/c1-12-6-7-16(18)8-14(12)11-21-13(2)15(10-20-21)9-19-17(3,4)5/h6-8,10,19H,9,11H2,1-5H3. The molecule has 21 heavy (non-hydrogen) atoms. The van der Waals surface area contributed by atoms with Crippen LogP contribution >= 0.6 is 0 Å². The largest absolute Gasteiger partial charge is 0.308 e. The van der Waals surface area contributed by atoms with Gasteiger partial charge in [-0.2, -0.15) is 5.10 Å². The third-order valence-corrected chi connectivity index (χ3v) is 3.65. The van der Waals surface area contributed by atoms with Gasteiger partial charge in [-0.25, -0.2) is 4.39 Å². The first-order valence-electron chi connectivity index (χ1n) is 7.27. The van der Waals surface area contributed by atoms with Crippen molar-refractivity contribution in [2.75, 3.05) is 0 Å². The Hall–Kier alpha value is -1.68. The summed E-state index contributed by atoms with van der Waals surface area (Å²) >= 11 is 0. The molecule has 0 aliphatic rings. The Morgan fingerprint density at radius 2 is 1.90 bits per heavy atom. The zero-order valence-electron chi connectivity index (χ0n) is 13.5. The first-order chi connectivity index (χ1) is 9.76. The molecule has 1 heterocycles. The SMILES string of the molecule is Cc1ccc(F)cc1Cn1ncc(CNC(C)(C)C)c1C. The fraction of sp³-hybridized carbons (Fsp3) is 0.471. The molecule has 0 bridgehead atoms. The molecule has 1 aromatic heterocycles. The third-order valence-electron chi connectivity index (χ3n) is 3.65. The number of halogens is 1. The Morgan fingerprint density at radius 1 is 1.19 bits per heavy atom. The van der Waals surface area contributed by atoms with Crippen LogP contribution in [0, 0.1) is 19.7 Å². The molecular formula is C17H24FN3. The molecule has 0 saturated carbocycles. The molecule has 0 saturated heterocycles. The van der Waals surface area contributed by atoms with Crippen LogP contribution in [0.25, 0.3) is 0 Å². The van der Waals surface area contributed by atoms with Gasteiger partial charge in [-0.05, 0) is 57.9 Å². The molecule has 1 aromatic carbocycles. The molecule has 4 heteroatoms. The highest BCUT2D eigenvalue weighted by Gasteiger charge is 2.12. The number of benzene rings is 1. The second kappa shape index (κ2) is 5.98. The van der Waals surface area contributed by atoms with Crippen LogP contribution in [-0.2, 0) is 13.1 Å². The predicted octanol–water partition coefficient (Wildman–Crippen LogP) is 3.58. The quantitative estimate of drug-likeness (QED) is 0.932. The summed E-state index contributed by atoms with van der Waals surface area (Å²) in [6, 6.07) is 4.89. The Bertz CT molecular complexity index is 623. The van der Waals surface area contributed by atoms with E-state index in [-0.39, 0.29) is 11.4 Å². The lowest BCUT2D eigenvalue weighted by Crippen LogP contribution is -2.35. The smallest absolute Gasteiger partial charge is 0.123 e. The van der Waals surface area contributed by atoms with E-state index in [1.165, 1.54) is 11.6 Å². The minimum Gasteiger partial charge on any atom is -0.308 e. The highest BCUT2D eigenvalue weighted by molar-refractivity contribution is 5.27. The van der Waals surface area contributed by atoms with Crippen molar-refractivity contribution in [2.45, 2.75) is 53.2 Å². The van der Waals surface area contributed by atoms with Gasteiger partial charge in [-0.1, -0.05) is 6.07 Å². The van der Waals surface area contributed by atoms with Gasteiger partial charge < -0.3 is 5.32 Å². The lowest BCUT2D eigenvalue weighted by molar-refractivity contribution is 0.423. The molecule has 0 spiro atoms. The van der Waals surface area contributed by atoms with Crippen LogP contribution in [0.4, 0.5) is 4.39 Å². The minimum atomic E-state index is -0.199. The molecule has 0 fully saturated rings. The molecule has 3 nitrogen and oxygen atoms in total. The number of rotatable bonds is 4. The molecule has 2 rings (SSSR count). The Labute approximate surface area is 126 Å². The van der Waals surface area contributed by atoms with Gasteiger partial charge in [0, 0.05) is 23.3 Å². The highest BCUT2D eigenvalue weighted by Crippen LogP contribution is 2.15. The lowest BCUT2D eigenvalue weighted by Gasteiger charge is -2.20. The predicted molar refractivity (Wildman–Crippen MR) is 83.8 cm³/mol. The van der Waals surface area contributed by atoms with E-state index in [0.29, 0.717) is 6.54 Å². The van der Waals surface area contributed by atoms with Crippen LogP contribution in [0.15, 0.2) is 24.4 Å². The van der Waals surface area contributed by atoms with Crippen molar-refractivity contribution in [1.29, 1.82) is 0 Å². The molecule has 0 aliphatic heterocycles. The number of aryl methyl sites for hydroxylation is 1. The minimum absolute atomic E-state index is 0.0771. The van der Waals surface area contributed by atoms with Crippen molar-refractivity contribution >= 4 is 0 Å². The Morgan fingerprint density at radius 3 is 2.57 bits per heavy atom. The van der Waals surface area contributed by atoms with E-state index in [2.05, 4.69) is 38.1 Å². The first-order valence-corrected chi connectivity index (χ1v) is 7.27. The Balaban J connectivity index is 2.15. The molecule has 1 N–H and O–H groups in total. The molecule has 0 radical (unpaired) electrons. The van der Waals surface area contributed by atoms with Gasteiger partial charge in [0.05, 0.1) is 12.7 Å². The van der Waals surface area contributed by atoms with Gasteiger partial charge in [-0.3, -0.25) is 4.68 Å². The van der Waals surface area contributed by atoms with Gasteiger partial charge in [0.25, 0.3) is 0 Å². The number of aromatic nitrogens is 2. The maximum Gasteiger partial charge on any atom is 0.123 e. The molecule has 0 atom stereocenters. The number of nitrogens with zero attached hydrogens (tertiary/aromatic N) is 2. The molecule has 0 amide bonds. The van der Waals surface area contributed by atoms with Gasteiger partial charge >= 0.3 is 0 Å². The molecule has 2 aromatic rings. The monoisotopic (exact) mass is 289 g/mol. The highest BCUT2D eigenvalue weighted by atomic mass is 19.1. The second-order valence-electron chi connectivity index (χ2n) is 6.59. The molecular weight excluding hydrogens is 265 g/mol. The van der Waals surface area contributed by atoms with Gasteiger partial charge in [0.1, 0.15) is 5.82 Å². The average Bonchev–Trinajstić information content (AvgIpc) is 2.72. The van der Waals surface area contributed by atoms with Gasteiger partial charge in [-0.15, -0.1) is 0 Å². The summed E-state index contributed by atoms with van der Waals surface area (Å²) in [6.45, 7) is 11.9. The lowest BCUT2D eigenvalue weighted by atomic mass is 10.1. The van der Waals surface area contributed by atoms with Crippen molar-refractivity contribution in [3.05, 3.63) is 52.6 Å². The van der Waals surface area contributed by atoms with Crippen LogP contribution in [-0.4, -0.2) is 15.3 Å². The summed E-state index contributed by atoms with van der Waals surface area (Å²) in [7, 11) is 0. The summed E-state index contributed by atoms with van der Waals surface area (Å²) in [5.74, 6) is -0.199. The van der Waals surface area contributed by atoms with E-state index in [9.17, 15) is 4.39 Å². The molecule has 0 unspecified atom stereocenters.